The third-order valence-electron chi connectivity index (χ3n) is 3.21. The minimum absolute atomic E-state index is 0.0117. The Morgan fingerprint density at radius 2 is 1.72 bits per heavy atom. The van der Waals surface area contributed by atoms with Gasteiger partial charge in [0.15, 0.2) is 15.5 Å². The molecule has 0 bridgehead atoms. The van der Waals surface area contributed by atoms with Crippen LogP contribution in [0.1, 0.15) is 13.3 Å². The first-order valence-corrected chi connectivity index (χ1v) is 8.95. The minimum Gasteiger partial charge on any atom is -0.360 e. The Bertz CT molecular complexity index is 797. The van der Waals surface area contributed by atoms with E-state index in [1.165, 1.54) is 4.90 Å². The Hall–Kier alpha value is -2.92. The number of azide groups is 1. The van der Waals surface area contributed by atoms with E-state index in [9.17, 15) is 28.6 Å². The fourth-order valence-electron chi connectivity index (χ4n) is 2.21. The normalized spacial score (nSPS) is 10.8. The van der Waals surface area contributed by atoms with Crippen LogP contribution in [0, 0.1) is 20.2 Å². The van der Waals surface area contributed by atoms with Crippen LogP contribution in [0.4, 0.5) is 17.1 Å². The van der Waals surface area contributed by atoms with E-state index in [-0.39, 0.29) is 25.3 Å². The number of rotatable bonds is 9. The maximum Gasteiger partial charge on any atom is 0.300 e. The molecule has 12 nitrogen and oxygen atoms in total. The molecule has 0 radical (unpaired) electrons. The zero-order valence-corrected chi connectivity index (χ0v) is 14.3. The van der Waals surface area contributed by atoms with Crippen LogP contribution in [0.25, 0.3) is 10.4 Å². The van der Waals surface area contributed by atoms with Crippen LogP contribution in [0.2, 0.25) is 0 Å². The van der Waals surface area contributed by atoms with Gasteiger partial charge in [-0.15, -0.1) is 0 Å². The molecule has 0 atom stereocenters. The van der Waals surface area contributed by atoms with Crippen LogP contribution in [0.5, 0.6) is 0 Å². The number of benzene rings is 1. The molecule has 0 amide bonds. The Balaban J connectivity index is 3.70. The molecular weight excluding hydrogens is 356 g/mol. The molecule has 0 saturated heterocycles. The number of nitrogens with zero attached hydrogens (tertiary/aromatic N) is 6. The highest BCUT2D eigenvalue weighted by Crippen LogP contribution is 2.40. The molecule has 1 aromatic carbocycles. The van der Waals surface area contributed by atoms with E-state index in [0.717, 1.165) is 18.4 Å². The van der Waals surface area contributed by atoms with E-state index >= 15 is 0 Å². The molecule has 136 valence electrons. The summed E-state index contributed by atoms with van der Waals surface area (Å²) in [4.78, 5) is 24.5. The molecule has 0 aliphatic heterocycles. The van der Waals surface area contributed by atoms with E-state index in [1.807, 2.05) is 0 Å². The van der Waals surface area contributed by atoms with Crippen molar-refractivity contribution in [1.82, 2.24) is 0 Å². The maximum atomic E-state index is 11.7. The minimum atomic E-state index is -3.88. The van der Waals surface area contributed by atoms with Gasteiger partial charge in [-0.2, -0.15) is 0 Å². The molecule has 0 aliphatic rings. The molecule has 0 N–H and O–H groups in total. The van der Waals surface area contributed by atoms with Crippen molar-refractivity contribution in [2.45, 2.75) is 18.2 Å². The lowest BCUT2D eigenvalue weighted by Gasteiger charge is -2.23. The summed E-state index contributed by atoms with van der Waals surface area (Å²) in [5.41, 5.74) is 6.66. The van der Waals surface area contributed by atoms with Gasteiger partial charge in [-0.1, -0.05) is 12.0 Å². The molecule has 0 fully saturated rings. The third-order valence-corrected chi connectivity index (χ3v) is 4.30. The highest BCUT2D eigenvalue weighted by atomic mass is 32.2. The predicted octanol–water partition coefficient (Wildman–Crippen LogP) is 2.43. The van der Waals surface area contributed by atoms with E-state index in [4.69, 9.17) is 5.53 Å². The van der Waals surface area contributed by atoms with Crippen molar-refractivity contribution in [3.63, 3.8) is 0 Å². The molecule has 1 rings (SSSR count). The molecule has 0 aliphatic carbocycles. The Morgan fingerprint density at radius 1 is 1.20 bits per heavy atom. The van der Waals surface area contributed by atoms with Gasteiger partial charge in [0.1, 0.15) is 0 Å². The fraction of sp³-hybridized carbons (Fsp3) is 0.500. The summed E-state index contributed by atoms with van der Waals surface area (Å²) in [6.07, 6.45) is 1.32. The molecule has 0 saturated carbocycles. The van der Waals surface area contributed by atoms with Crippen LogP contribution in [0.15, 0.2) is 22.1 Å². The summed E-state index contributed by atoms with van der Waals surface area (Å²) in [6, 6.07) is 1.60. The lowest BCUT2D eigenvalue weighted by atomic mass is 10.2. The van der Waals surface area contributed by atoms with E-state index in [2.05, 4.69) is 10.0 Å². The lowest BCUT2D eigenvalue weighted by Crippen LogP contribution is -2.28. The second kappa shape index (κ2) is 8.26. The van der Waals surface area contributed by atoms with Gasteiger partial charge in [0.2, 0.25) is 0 Å². The van der Waals surface area contributed by atoms with Crippen molar-refractivity contribution >= 4 is 26.9 Å². The van der Waals surface area contributed by atoms with Crippen molar-refractivity contribution in [2.24, 2.45) is 5.11 Å². The summed E-state index contributed by atoms with van der Waals surface area (Å²) in [6.45, 7) is 1.94. The van der Waals surface area contributed by atoms with Gasteiger partial charge >= 0.3 is 11.4 Å². The monoisotopic (exact) mass is 372 g/mol. The summed E-state index contributed by atoms with van der Waals surface area (Å²) < 4.78 is 23.4. The number of nitro groups is 2. The highest BCUT2D eigenvalue weighted by molar-refractivity contribution is 7.90. The molecule has 1 aromatic rings. The van der Waals surface area contributed by atoms with Crippen molar-refractivity contribution in [3.8, 4) is 0 Å². The Kier molecular flexibility index (Phi) is 6.65. The summed E-state index contributed by atoms with van der Waals surface area (Å²) in [5.74, 6) is 0. The standard InChI is InChI=1S/C12H16N6O6S/c1-3-5-16(6-4-14-15-13)12-10(17(19)20)7-9(25(2,23)24)8-11(12)18(21)22/h7-8H,3-6H2,1-2H3. The van der Waals surface area contributed by atoms with Crippen LogP contribution in [-0.4, -0.2) is 44.2 Å². The smallest absolute Gasteiger partial charge is 0.300 e. The number of nitro benzene ring substituents is 2. The van der Waals surface area contributed by atoms with Crippen molar-refractivity contribution in [1.29, 1.82) is 0 Å². The van der Waals surface area contributed by atoms with Crippen LogP contribution < -0.4 is 4.90 Å². The topological polar surface area (TPSA) is 172 Å². The average molecular weight is 372 g/mol. The van der Waals surface area contributed by atoms with Crippen LogP contribution >= 0.6 is 0 Å². The average Bonchev–Trinajstić information content (AvgIpc) is 2.52. The summed E-state index contributed by atoms with van der Waals surface area (Å²) in [5, 5.41) is 26.1. The first-order valence-electron chi connectivity index (χ1n) is 7.06. The molecular formula is C12H16N6O6S. The molecule has 0 heterocycles. The summed E-state index contributed by atoms with van der Waals surface area (Å²) in [7, 11) is -3.88. The lowest BCUT2D eigenvalue weighted by molar-refractivity contribution is -0.393. The van der Waals surface area contributed by atoms with Gasteiger partial charge < -0.3 is 4.90 Å². The van der Waals surface area contributed by atoms with Gasteiger partial charge in [-0.3, -0.25) is 20.2 Å². The van der Waals surface area contributed by atoms with E-state index < -0.39 is 36.0 Å². The molecule has 0 aromatic heterocycles. The van der Waals surface area contributed by atoms with Crippen LogP contribution in [-0.2, 0) is 9.84 Å². The number of hydrogen-bond donors (Lipinski definition) is 0. The SMILES string of the molecule is CCCN(CCN=[N+]=[N-])c1c([N+](=O)[O-])cc(S(C)(=O)=O)cc1[N+](=O)[O-]. The maximum absolute atomic E-state index is 11.7. The zero-order chi connectivity index (χ0) is 19.2. The zero-order valence-electron chi connectivity index (χ0n) is 13.5. The van der Waals surface area contributed by atoms with Gasteiger partial charge in [0, 0.05) is 42.9 Å². The van der Waals surface area contributed by atoms with Crippen molar-refractivity contribution in [3.05, 3.63) is 42.8 Å². The first kappa shape index (κ1) is 20.1. The number of hydrogen-bond acceptors (Lipinski definition) is 8. The molecule has 0 unspecified atom stereocenters. The second-order valence-corrected chi connectivity index (χ2v) is 7.05. The molecule has 13 heteroatoms. The van der Waals surface area contributed by atoms with Crippen molar-refractivity contribution in [2.75, 3.05) is 30.8 Å². The van der Waals surface area contributed by atoms with E-state index in [0.29, 0.717) is 6.42 Å². The van der Waals surface area contributed by atoms with Gasteiger partial charge in [-0.05, 0) is 12.0 Å². The molecule has 25 heavy (non-hydrogen) atoms. The van der Waals surface area contributed by atoms with Gasteiger partial charge in [0.25, 0.3) is 0 Å². The number of sulfone groups is 1. The molecule has 0 spiro atoms. The summed E-state index contributed by atoms with van der Waals surface area (Å²) >= 11 is 0. The largest absolute Gasteiger partial charge is 0.360 e. The first-order chi connectivity index (χ1) is 11.6. The predicted molar refractivity (Wildman–Crippen MR) is 89.4 cm³/mol. The Morgan fingerprint density at radius 3 is 2.08 bits per heavy atom. The van der Waals surface area contributed by atoms with Gasteiger partial charge in [0.05, 0.1) is 14.7 Å². The van der Waals surface area contributed by atoms with Crippen molar-refractivity contribution < 1.29 is 18.3 Å². The second-order valence-electron chi connectivity index (χ2n) is 5.04. The number of anilines is 1. The quantitative estimate of drug-likeness (QED) is 0.210. The van der Waals surface area contributed by atoms with Gasteiger partial charge in [-0.25, -0.2) is 8.42 Å². The fourth-order valence-corrected chi connectivity index (χ4v) is 2.86. The highest BCUT2D eigenvalue weighted by Gasteiger charge is 2.32. The van der Waals surface area contributed by atoms with E-state index in [1.54, 1.807) is 6.92 Å². The Labute approximate surface area is 142 Å². The third kappa shape index (κ3) is 5.02. The van der Waals surface area contributed by atoms with Crippen LogP contribution in [0.3, 0.4) is 0 Å².